The summed E-state index contributed by atoms with van der Waals surface area (Å²) in [5, 5.41) is 2.91. The van der Waals surface area contributed by atoms with E-state index in [1.54, 1.807) is 19.9 Å². The van der Waals surface area contributed by atoms with E-state index in [4.69, 9.17) is 23.2 Å². The summed E-state index contributed by atoms with van der Waals surface area (Å²) in [5.74, 6) is -0.707. The largest absolute Gasteiger partial charge is 0.325 e. The van der Waals surface area contributed by atoms with Crippen LogP contribution in [-0.4, -0.2) is 45.5 Å². The molecule has 2 N–H and O–H groups in total. The van der Waals surface area contributed by atoms with Crippen LogP contribution < -0.4 is 14.3 Å². The average Bonchev–Trinajstić information content (AvgIpc) is 2.72. The lowest BCUT2D eigenvalue weighted by Crippen LogP contribution is -2.37. The predicted octanol–water partition coefficient (Wildman–Crippen LogP) is 3.61. The van der Waals surface area contributed by atoms with Crippen molar-refractivity contribution in [2.75, 3.05) is 27.1 Å². The van der Waals surface area contributed by atoms with Gasteiger partial charge in [0.25, 0.3) is 10.0 Å². The van der Waals surface area contributed by atoms with Crippen molar-refractivity contribution in [2.45, 2.75) is 18.7 Å². The Kier molecular flexibility index (Phi) is 7.90. The van der Waals surface area contributed by atoms with Gasteiger partial charge in [-0.1, -0.05) is 23.2 Å². The molecule has 0 bridgehead atoms. The number of halogens is 2. The third-order valence-corrected chi connectivity index (χ3v) is 7.76. The number of anilines is 3. The molecular formula is C21H21Cl2N5O5S2. The van der Waals surface area contributed by atoms with E-state index in [0.29, 0.717) is 11.4 Å². The maximum Gasteiger partial charge on any atom is 0.264 e. The van der Waals surface area contributed by atoms with Crippen LogP contribution >= 0.6 is 23.2 Å². The Morgan fingerprint density at radius 3 is 2.06 bits per heavy atom. The molecule has 0 fully saturated rings. The molecule has 1 aromatic heterocycles. The fraction of sp³-hybridized carbons (Fsp3) is 0.190. The Hall–Kier alpha value is -2.93. The summed E-state index contributed by atoms with van der Waals surface area (Å²) in [6.07, 6.45) is 0.953. The van der Waals surface area contributed by atoms with Crippen LogP contribution in [0.2, 0.25) is 10.0 Å². The van der Waals surface area contributed by atoms with E-state index in [9.17, 15) is 21.6 Å². The summed E-state index contributed by atoms with van der Waals surface area (Å²) in [4.78, 5) is 20.6. The van der Waals surface area contributed by atoms with Crippen molar-refractivity contribution in [1.82, 2.24) is 9.97 Å². The van der Waals surface area contributed by atoms with Crippen LogP contribution in [0.1, 0.15) is 11.4 Å². The predicted molar refractivity (Wildman–Crippen MR) is 136 cm³/mol. The molecular weight excluding hydrogens is 537 g/mol. The van der Waals surface area contributed by atoms with Gasteiger partial charge in [-0.05, 0) is 62.4 Å². The molecule has 35 heavy (non-hydrogen) atoms. The average molecular weight is 558 g/mol. The van der Waals surface area contributed by atoms with E-state index in [1.807, 2.05) is 0 Å². The van der Waals surface area contributed by atoms with Gasteiger partial charge in [-0.25, -0.2) is 31.5 Å². The highest BCUT2D eigenvalue weighted by Crippen LogP contribution is 2.28. The molecule has 10 nitrogen and oxygen atoms in total. The van der Waals surface area contributed by atoms with Crippen molar-refractivity contribution in [3.8, 4) is 0 Å². The molecule has 0 aliphatic rings. The van der Waals surface area contributed by atoms with Gasteiger partial charge < -0.3 is 5.32 Å². The Labute approximate surface area is 213 Å². The van der Waals surface area contributed by atoms with Crippen LogP contribution in [-0.2, 0) is 24.8 Å². The van der Waals surface area contributed by atoms with E-state index in [2.05, 4.69) is 20.0 Å². The van der Waals surface area contributed by atoms with Crippen molar-refractivity contribution in [2.24, 2.45) is 0 Å². The Morgan fingerprint density at radius 1 is 0.914 bits per heavy atom. The number of hydrogen-bond donors (Lipinski definition) is 2. The van der Waals surface area contributed by atoms with Gasteiger partial charge in [0.15, 0.2) is 0 Å². The second-order valence-corrected chi connectivity index (χ2v) is 11.9. The van der Waals surface area contributed by atoms with E-state index < -0.39 is 32.5 Å². The fourth-order valence-corrected chi connectivity index (χ4v) is 5.12. The van der Waals surface area contributed by atoms with Gasteiger partial charge >= 0.3 is 0 Å². The van der Waals surface area contributed by atoms with E-state index in [-0.39, 0.29) is 32.3 Å². The number of carbonyl (C=O) groups is 1. The molecule has 0 unspecified atom stereocenters. The number of carbonyl (C=O) groups excluding carboxylic acids is 1. The molecule has 3 rings (SSSR count). The summed E-state index contributed by atoms with van der Waals surface area (Å²) >= 11 is 11.9. The van der Waals surface area contributed by atoms with E-state index in [0.717, 1.165) is 10.6 Å². The smallest absolute Gasteiger partial charge is 0.264 e. The van der Waals surface area contributed by atoms with Crippen LogP contribution in [0.3, 0.4) is 0 Å². The summed E-state index contributed by atoms with van der Waals surface area (Å²) in [5.41, 5.74) is 1.65. The first kappa shape index (κ1) is 26.7. The van der Waals surface area contributed by atoms with Crippen LogP contribution in [0, 0.1) is 13.8 Å². The van der Waals surface area contributed by atoms with Crippen molar-refractivity contribution in [3.05, 3.63) is 70.0 Å². The highest BCUT2D eigenvalue weighted by molar-refractivity contribution is 7.92. The second kappa shape index (κ2) is 10.4. The molecule has 1 heterocycles. The quantitative estimate of drug-likeness (QED) is 0.431. The minimum Gasteiger partial charge on any atom is -0.325 e. The molecule has 0 atom stereocenters. The number of aromatic nitrogens is 2. The highest BCUT2D eigenvalue weighted by Gasteiger charge is 2.22. The monoisotopic (exact) mass is 557 g/mol. The van der Waals surface area contributed by atoms with E-state index >= 15 is 0 Å². The Balaban J connectivity index is 1.73. The molecule has 1 amide bonds. The lowest BCUT2D eigenvalue weighted by molar-refractivity contribution is -0.114. The summed E-state index contributed by atoms with van der Waals surface area (Å²) < 4.78 is 53.0. The second-order valence-electron chi connectivity index (χ2n) is 7.52. The molecule has 0 radical (unpaired) electrons. The minimum absolute atomic E-state index is 0.0527. The molecule has 186 valence electrons. The topological polar surface area (TPSA) is 138 Å². The maximum absolute atomic E-state index is 12.6. The van der Waals surface area contributed by atoms with Gasteiger partial charge in [0.05, 0.1) is 26.9 Å². The van der Waals surface area contributed by atoms with Gasteiger partial charge in [0.1, 0.15) is 6.54 Å². The van der Waals surface area contributed by atoms with Crippen molar-refractivity contribution >= 4 is 66.5 Å². The zero-order valence-electron chi connectivity index (χ0n) is 18.8. The molecule has 3 aromatic rings. The first-order chi connectivity index (χ1) is 16.2. The normalized spacial score (nSPS) is 11.7. The standard InChI is InChI=1S/C21H21Cl2N5O5S2/c1-13-10-14(2)25-21(24-13)27-35(32,33)17-7-4-15(5-8-17)26-20(29)12-28(34(3,30)31)16-6-9-18(22)19(23)11-16/h4-11H,12H2,1-3H3,(H,26,29)(H,24,25,27). The van der Waals surface area contributed by atoms with Crippen molar-refractivity contribution in [1.29, 1.82) is 0 Å². The number of nitrogens with zero attached hydrogens (tertiary/aromatic N) is 3. The minimum atomic E-state index is -3.97. The van der Waals surface area contributed by atoms with Gasteiger partial charge in [-0.3, -0.25) is 9.10 Å². The number of hydrogen-bond acceptors (Lipinski definition) is 7. The lowest BCUT2D eigenvalue weighted by Gasteiger charge is -2.22. The lowest BCUT2D eigenvalue weighted by atomic mass is 10.3. The maximum atomic E-state index is 12.6. The van der Waals surface area contributed by atoms with Gasteiger partial charge in [-0.2, -0.15) is 0 Å². The van der Waals surface area contributed by atoms with Crippen molar-refractivity contribution in [3.63, 3.8) is 0 Å². The number of aryl methyl sites for hydroxylation is 2. The molecule has 0 aliphatic carbocycles. The van der Waals surface area contributed by atoms with Gasteiger partial charge in [0, 0.05) is 17.1 Å². The van der Waals surface area contributed by atoms with Crippen LogP contribution in [0.4, 0.5) is 17.3 Å². The number of amides is 1. The Bertz CT molecular complexity index is 1460. The van der Waals surface area contributed by atoms with Crippen molar-refractivity contribution < 1.29 is 21.6 Å². The van der Waals surface area contributed by atoms with E-state index in [1.165, 1.54) is 42.5 Å². The zero-order chi connectivity index (χ0) is 26.0. The number of benzene rings is 2. The SMILES string of the molecule is Cc1cc(C)nc(NS(=O)(=O)c2ccc(NC(=O)CN(c3ccc(Cl)c(Cl)c3)S(C)(=O)=O)cc2)n1. The van der Waals surface area contributed by atoms with Gasteiger partial charge in [0.2, 0.25) is 21.9 Å². The zero-order valence-corrected chi connectivity index (χ0v) is 21.9. The molecule has 14 heteroatoms. The molecule has 2 aromatic carbocycles. The molecule has 0 spiro atoms. The van der Waals surface area contributed by atoms with Crippen LogP contribution in [0.15, 0.2) is 53.4 Å². The first-order valence-electron chi connectivity index (χ1n) is 9.92. The molecule has 0 saturated carbocycles. The van der Waals surface area contributed by atoms with Crippen LogP contribution in [0.5, 0.6) is 0 Å². The number of sulfonamides is 2. The first-order valence-corrected chi connectivity index (χ1v) is 14.0. The Morgan fingerprint density at radius 2 is 1.51 bits per heavy atom. The summed E-state index contributed by atoms with van der Waals surface area (Å²) in [6.45, 7) is 2.90. The van der Waals surface area contributed by atoms with Gasteiger partial charge in [-0.15, -0.1) is 0 Å². The number of nitrogens with one attached hydrogen (secondary N) is 2. The fourth-order valence-electron chi connectivity index (χ4n) is 3.04. The third kappa shape index (κ3) is 7.04. The number of rotatable bonds is 8. The summed E-state index contributed by atoms with van der Waals surface area (Å²) in [6, 6.07) is 11.2. The third-order valence-electron chi connectivity index (χ3n) is 4.54. The highest BCUT2D eigenvalue weighted by atomic mass is 35.5. The summed E-state index contributed by atoms with van der Waals surface area (Å²) in [7, 11) is -7.80. The van der Waals surface area contributed by atoms with Crippen LogP contribution in [0.25, 0.3) is 0 Å². The molecule has 0 saturated heterocycles. The molecule has 0 aliphatic heterocycles.